The molecular weight excluding hydrogens is 276 g/mol. The van der Waals surface area contributed by atoms with Gasteiger partial charge in [0.15, 0.2) is 0 Å². The van der Waals surface area contributed by atoms with E-state index in [4.69, 9.17) is 10.5 Å². The molecule has 20 heavy (non-hydrogen) atoms. The summed E-state index contributed by atoms with van der Waals surface area (Å²) in [4.78, 5) is 0.290. The Bertz CT molecular complexity index is 592. The molecule has 1 aromatic rings. The molecule has 0 saturated carbocycles. The molecule has 0 spiro atoms. The average molecular weight is 294 g/mol. The number of nitrogens with zero attached hydrogens (tertiary/aromatic N) is 1. The van der Waals surface area contributed by atoms with E-state index < -0.39 is 10.0 Å². The van der Waals surface area contributed by atoms with E-state index in [9.17, 15) is 8.42 Å². The summed E-state index contributed by atoms with van der Waals surface area (Å²) in [6.07, 6.45) is 0.722. The number of rotatable bonds is 2. The molecule has 1 aromatic carbocycles. The van der Waals surface area contributed by atoms with Gasteiger partial charge in [-0.25, -0.2) is 8.42 Å². The molecule has 2 rings (SSSR count). The minimum absolute atomic E-state index is 0.286. The molecule has 0 unspecified atom stereocenters. The molecule has 0 amide bonds. The molecule has 1 saturated heterocycles. The molecular formula is C14H18N2O3S. The number of ether oxygens (including phenoxy) is 1. The third-order valence-electron chi connectivity index (χ3n) is 3.01. The summed E-state index contributed by atoms with van der Waals surface area (Å²) >= 11 is 0. The fourth-order valence-corrected chi connectivity index (χ4v) is 3.44. The first-order valence-corrected chi connectivity index (χ1v) is 7.95. The quantitative estimate of drug-likeness (QED) is 0.802. The smallest absolute Gasteiger partial charge is 0.243 e. The van der Waals surface area contributed by atoms with Crippen molar-refractivity contribution in [3.63, 3.8) is 0 Å². The van der Waals surface area contributed by atoms with E-state index in [0.29, 0.717) is 26.3 Å². The number of hydrogen-bond acceptors (Lipinski definition) is 4. The molecule has 0 bridgehead atoms. The second kappa shape index (κ2) is 6.86. The molecule has 1 aliphatic heterocycles. The fourth-order valence-electron chi connectivity index (χ4n) is 1.98. The van der Waals surface area contributed by atoms with Crippen molar-refractivity contribution in [1.29, 1.82) is 0 Å². The zero-order valence-electron chi connectivity index (χ0n) is 11.2. The Hall–Kier alpha value is -1.39. The van der Waals surface area contributed by atoms with Crippen molar-refractivity contribution in [3.8, 4) is 11.8 Å². The summed E-state index contributed by atoms with van der Waals surface area (Å²) in [5.41, 5.74) is 6.06. The van der Waals surface area contributed by atoms with Crippen LogP contribution in [0.3, 0.4) is 0 Å². The van der Waals surface area contributed by atoms with Gasteiger partial charge in [0.1, 0.15) is 0 Å². The number of sulfonamides is 1. The van der Waals surface area contributed by atoms with Crippen LogP contribution < -0.4 is 5.73 Å². The van der Waals surface area contributed by atoms with Crippen LogP contribution in [0, 0.1) is 11.8 Å². The molecule has 1 heterocycles. The van der Waals surface area contributed by atoms with Crippen molar-refractivity contribution in [1.82, 2.24) is 4.31 Å². The summed E-state index contributed by atoms with van der Waals surface area (Å²) in [5.74, 6) is 5.60. The van der Waals surface area contributed by atoms with Crippen LogP contribution in [0.4, 0.5) is 0 Å². The second-order valence-electron chi connectivity index (χ2n) is 4.40. The molecule has 6 heteroatoms. The Kier molecular flexibility index (Phi) is 5.15. The van der Waals surface area contributed by atoms with Gasteiger partial charge in [0, 0.05) is 25.3 Å². The van der Waals surface area contributed by atoms with E-state index in [1.54, 1.807) is 24.3 Å². The summed E-state index contributed by atoms with van der Waals surface area (Å²) in [6, 6.07) is 6.57. The Morgan fingerprint density at radius 1 is 1.20 bits per heavy atom. The molecule has 0 aromatic heterocycles. The van der Waals surface area contributed by atoms with Gasteiger partial charge in [-0.15, -0.1) is 0 Å². The first-order chi connectivity index (χ1) is 9.64. The first kappa shape index (κ1) is 15.0. The zero-order valence-corrected chi connectivity index (χ0v) is 12.0. The van der Waals surface area contributed by atoms with Gasteiger partial charge in [-0.2, -0.15) is 4.31 Å². The number of benzene rings is 1. The topological polar surface area (TPSA) is 72.6 Å². The molecule has 5 nitrogen and oxygen atoms in total. The lowest BCUT2D eigenvalue weighted by Crippen LogP contribution is -2.33. The maximum Gasteiger partial charge on any atom is 0.243 e. The Labute approximate surface area is 119 Å². The van der Waals surface area contributed by atoms with Crippen LogP contribution in [-0.4, -0.2) is 45.6 Å². The lowest BCUT2D eigenvalue weighted by Gasteiger charge is -2.19. The SMILES string of the molecule is NCC#Cc1ccc(S(=O)(=O)N2CCCOCC2)cc1. The van der Waals surface area contributed by atoms with Gasteiger partial charge in [-0.3, -0.25) is 0 Å². The van der Waals surface area contributed by atoms with Gasteiger partial charge in [0.2, 0.25) is 10.0 Å². The van der Waals surface area contributed by atoms with E-state index in [0.717, 1.165) is 12.0 Å². The van der Waals surface area contributed by atoms with Crippen LogP contribution in [0.25, 0.3) is 0 Å². The molecule has 0 radical (unpaired) electrons. The summed E-state index contributed by atoms with van der Waals surface area (Å²) < 4.78 is 31.7. The van der Waals surface area contributed by atoms with Crippen molar-refractivity contribution in [2.24, 2.45) is 5.73 Å². The maximum atomic E-state index is 12.5. The Morgan fingerprint density at radius 2 is 1.95 bits per heavy atom. The lowest BCUT2D eigenvalue weighted by molar-refractivity contribution is 0.148. The van der Waals surface area contributed by atoms with Gasteiger partial charge >= 0.3 is 0 Å². The zero-order chi connectivity index (χ0) is 14.4. The van der Waals surface area contributed by atoms with Crippen molar-refractivity contribution < 1.29 is 13.2 Å². The van der Waals surface area contributed by atoms with Gasteiger partial charge in [-0.1, -0.05) is 11.8 Å². The van der Waals surface area contributed by atoms with Gasteiger partial charge in [0.05, 0.1) is 18.0 Å². The predicted molar refractivity (Wildman–Crippen MR) is 76.6 cm³/mol. The molecule has 0 aliphatic carbocycles. The molecule has 1 fully saturated rings. The third kappa shape index (κ3) is 3.58. The van der Waals surface area contributed by atoms with Crippen LogP contribution in [0.2, 0.25) is 0 Å². The Balaban J connectivity index is 2.20. The van der Waals surface area contributed by atoms with Crippen LogP contribution in [0.5, 0.6) is 0 Å². The van der Waals surface area contributed by atoms with Crippen molar-refractivity contribution in [2.45, 2.75) is 11.3 Å². The average Bonchev–Trinajstić information content (AvgIpc) is 2.75. The van der Waals surface area contributed by atoms with Gasteiger partial charge in [-0.05, 0) is 30.7 Å². The highest BCUT2D eigenvalue weighted by Crippen LogP contribution is 2.17. The van der Waals surface area contributed by atoms with Crippen LogP contribution in [-0.2, 0) is 14.8 Å². The summed E-state index contributed by atoms with van der Waals surface area (Å²) in [7, 11) is -3.44. The first-order valence-electron chi connectivity index (χ1n) is 6.51. The van der Waals surface area contributed by atoms with E-state index in [1.807, 2.05) is 0 Å². The van der Waals surface area contributed by atoms with E-state index >= 15 is 0 Å². The third-order valence-corrected chi connectivity index (χ3v) is 4.92. The monoisotopic (exact) mass is 294 g/mol. The van der Waals surface area contributed by atoms with Crippen LogP contribution in [0.1, 0.15) is 12.0 Å². The molecule has 0 atom stereocenters. The minimum Gasteiger partial charge on any atom is -0.380 e. The van der Waals surface area contributed by atoms with E-state index in [1.165, 1.54) is 4.31 Å². The predicted octanol–water partition coefficient (Wildman–Crippen LogP) is 0.408. The molecule has 1 aliphatic rings. The maximum absolute atomic E-state index is 12.5. The van der Waals surface area contributed by atoms with E-state index in [-0.39, 0.29) is 11.4 Å². The highest BCUT2D eigenvalue weighted by atomic mass is 32.2. The van der Waals surface area contributed by atoms with Crippen molar-refractivity contribution in [2.75, 3.05) is 32.8 Å². The Morgan fingerprint density at radius 3 is 2.65 bits per heavy atom. The highest BCUT2D eigenvalue weighted by molar-refractivity contribution is 7.89. The summed E-state index contributed by atoms with van der Waals surface area (Å²) in [6.45, 7) is 2.24. The second-order valence-corrected chi connectivity index (χ2v) is 6.34. The molecule has 108 valence electrons. The standard InChI is InChI=1S/C14H18N2O3S/c15-8-1-3-13-4-6-14(7-5-13)20(17,18)16-9-2-11-19-12-10-16/h4-7H,2,8-12,15H2. The largest absolute Gasteiger partial charge is 0.380 e. The lowest BCUT2D eigenvalue weighted by atomic mass is 10.2. The van der Waals surface area contributed by atoms with Crippen LogP contribution in [0.15, 0.2) is 29.2 Å². The van der Waals surface area contributed by atoms with Crippen molar-refractivity contribution in [3.05, 3.63) is 29.8 Å². The van der Waals surface area contributed by atoms with Gasteiger partial charge in [0.25, 0.3) is 0 Å². The number of hydrogen-bond donors (Lipinski definition) is 1. The highest BCUT2D eigenvalue weighted by Gasteiger charge is 2.24. The van der Waals surface area contributed by atoms with Crippen LogP contribution >= 0.6 is 0 Å². The summed E-state index contributed by atoms with van der Waals surface area (Å²) in [5, 5.41) is 0. The van der Waals surface area contributed by atoms with Gasteiger partial charge < -0.3 is 10.5 Å². The minimum atomic E-state index is -3.44. The fraction of sp³-hybridized carbons (Fsp3) is 0.429. The number of nitrogens with two attached hydrogens (primary N) is 1. The normalized spacial score (nSPS) is 17.1. The molecule has 2 N–H and O–H groups in total. The van der Waals surface area contributed by atoms with Crippen molar-refractivity contribution >= 4 is 10.0 Å². The van der Waals surface area contributed by atoms with E-state index in [2.05, 4.69) is 11.8 Å².